The van der Waals surface area contributed by atoms with Crippen LogP contribution >= 0.6 is 15.9 Å². The van der Waals surface area contributed by atoms with Crippen molar-refractivity contribution in [1.82, 2.24) is 29.6 Å². The zero-order chi connectivity index (χ0) is 30.0. The first kappa shape index (κ1) is 27.8. The molecule has 2 fully saturated rings. The molecule has 1 N–H and O–H groups in total. The van der Waals surface area contributed by atoms with Crippen LogP contribution in [0.2, 0.25) is 0 Å². The van der Waals surface area contributed by atoms with Crippen LogP contribution in [0.15, 0.2) is 41.3 Å². The van der Waals surface area contributed by atoms with Crippen molar-refractivity contribution in [3.8, 4) is 11.1 Å². The third-order valence-corrected chi connectivity index (χ3v) is 9.34. The Morgan fingerprint density at radius 1 is 1.16 bits per heavy atom. The minimum atomic E-state index is -0.628. The molecule has 1 unspecified atom stereocenters. The first-order valence-electron chi connectivity index (χ1n) is 14.3. The Kier molecular flexibility index (Phi) is 6.66. The van der Waals surface area contributed by atoms with E-state index in [1.807, 2.05) is 13.0 Å². The van der Waals surface area contributed by atoms with Gasteiger partial charge in [0.05, 0.1) is 18.7 Å². The number of nitrogens with one attached hydrogen (secondary N) is 1. The number of hydrogen-bond acceptors (Lipinski definition) is 8. The summed E-state index contributed by atoms with van der Waals surface area (Å²) < 4.78 is 8.11. The van der Waals surface area contributed by atoms with Crippen molar-refractivity contribution in [2.24, 2.45) is 5.41 Å². The number of piperidine rings is 1. The summed E-state index contributed by atoms with van der Waals surface area (Å²) in [7, 11) is 0. The second-order valence-corrected chi connectivity index (χ2v) is 12.7. The van der Waals surface area contributed by atoms with Gasteiger partial charge in [-0.15, -0.1) is 0 Å². The molecule has 7 rings (SSSR count). The van der Waals surface area contributed by atoms with Gasteiger partial charge in [0.15, 0.2) is 5.78 Å². The molecule has 0 spiro atoms. The van der Waals surface area contributed by atoms with Crippen molar-refractivity contribution >= 4 is 50.2 Å². The first-order valence-corrected chi connectivity index (χ1v) is 15.1. The van der Waals surface area contributed by atoms with E-state index in [2.05, 4.69) is 48.2 Å². The summed E-state index contributed by atoms with van der Waals surface area (Å²) in [5.74, 6) is 0.413. The van der Waals surface area contributed by atoms with Crippen LogP contribution in [-0.2, 0) is 33.9 Å². The number of amides is 2. The number of halogens is 1. The second kappa shape index (κ2) is 10.3. The molecule has 1 aromatic carbocycles. The minimum Gasteiger partial charge on any atom is -0.376 e. The van der Waals surface area contributed by atoms with E-state index >= 15 is 0 Å². The van der Waals surface area contributed by atoms with Gasteiger partial charge in [0, 0.05) is 41.9 Å². The average Bonchev–Trinajstić information content (AvgIpc) is 3.34. The van der Waals surface area contributed by atoms with Gasteiger partial charge in [-0.05, 0) is 76.9 Å². The van der Waals surface area contributed by atoms with Crippen LogP contribution < -0.4 is 5.32 Å². The van der Waals surface area contributed by atoms with Gasteiger partial charge in [-0.1, -0.05) is 13.0 Å². The highest BCUT2D eigenvalue weighted by atomic mass is 79.9. The van der Waals surface area contributed by atoms with Crippen LogP contribution in [0.1, 0.15) is 54.1 Å². The number of carbonyl (C=O) groups is 3. The van der Waals surface area contributed by atoms with E-state index in [1.165, 1.54) is 6.92 Å². The van der Waals surface area contributed by atoms with Gasteiger partial charge in [0.2, 0.25) is 11.8 Å². The molecule has 0 bridgehead atoms. The van der Waals surface area contributed by atoms with Crippen LogP contribution in [0.3, 0.4) is 0 Å². The predicted molar refractivity (Wildman–Crippen MR) is 161 cm³/mol. The van der Waals surface area contributed by atoms with Gasteiger partial charge in [0.1, 0.15) is 34.5 Å². The Hall–Kier alpha value is -4.03. The van der Waals surface area contributed by atoms with Gasteiger partial charge >= 0.3 is 0 Å². The molecule has 11 nitrogen and oxygen atoms in total. The topological polar surface area (TPSA) is 132 Å². The number of benzene rings is 1. The summed E-state index contributed by atoms with van der Waals surface area (Å²) in [5, 5.41) is 8.22. The molecule has 2 amide bonds. The maximum atomic E-state index is 14.1. The zero-order valence-electron chi connectivity index (χ0n) is 24.1. The normalized spacial score (nSPS) is 22.3. The molecule has 3 aliphatic rings. The smallest absolute Gasteiger partial charge is 0.248 e. The summed E-state index contributed by atoms with van der Waals surface area (Å²) in [6, 6.07) is 6.60. The van der Waals surface area contributed by atoms with Crippen LogP contribution in [0.25, 0.3) is 22.0 Å². The lowest BCUT2D eigenvalue weighted by atomic mass is 9.90. The zero-order valence-corrected chi connectivity index (χ0v) is 25.6. The van der Waals surface area contributed by atoms with Gasteiger partial charge in [0.25, 0.3) is 0 Å². The van der Waals surface area contributed by atoms with Gasteiger partial charge in [-0.2, -0.15) is 5.10 Å². The number of hydrogen-bond donors (Lipinski definition) is 1. The average molecular weight is 645 g/mol. The highest BCUT2D eigenvalue weighted by Gasteiger charge is 2.64. The molecule has 1 saturated carbocycles. The van der Waals surface area contributed by atoms with E-state index in [-0.39, 0.29) is 41.3 Å². The summed E-state index contributed by atoms with van der Waals surface area (Å²) in [5.41, 5.74) is 4.66. The Bertz CT molecular complexity index is 1820. The van der Waals surface area contributed by atoms with E-state index in [0.29, 0.717) is 53.2 Å². The number of likely N-dealkylation sites (tertiary alicyclic amines) is 1. The van der Waals surface area contributed by atoms with E-state index in [0.717, 1.165) is 28.7 Å². The molecular formula is C31H30BrN7O4. The van der Waals surface area contributed by atoms with Crippen LogP contribution in [0, 0.1) is 12.3 Å². The van der Waals surface area contributed by atoms with Crippen molar-refractivity contribution < 1.29 is 19.1 Å². The van der Waals surface area contributed by atoms with Gasteiger partial charge < -0.3 is 15.0 Å². The first-order chi connectivity index (χ1) is 20.6. The number of Topliss-reactive ketones (excluding diaryl/α,β-unsaturated/α-hetero) is 1. The predicted octanol–water partition coefficient (Wildman–Crippen LogP) is 4.25. The van der Waals surface area contributed by atoms with Crippen molar-refractivity contribution in [3.63, 3.8) is 0 Å². The molecule has 43 heavy (non-hydrogen) atoms. The van der Waals surface area contributed by atoms with Crippen LogP contribution in [-0.4, -0.2) is 65.9 Å². The SMILES string of the molecule is CC(=O)c1nn(CC(=O)N2C3C[C@]3(C)C[C@H]2C(=O)Nc2cccc(Br)n2)c2c3c(c(-c4cnc(C)nc4)cc12)CCOC3. The third kappa shape index (κ3) is 4.82. The number of pyridine rings is 1. The lowest BCUT2D eigenvalue weighted by Crippen LogP contribution is -2.46. The number of ether oxygens (including phenoxy) is 1. The Labute approximate surface area is 256 Å². The molecule has 2 aliphatic heterocycles. The Morgan fingerprint density at radius 3 is 2.70 bits per heavy atom. The highest BCUT2D eigenvalue weighted by Crippen LogP contribution is 2.59. The molecule has 3 aromatic heterocycles. The van der Waals surface area contributed by atoms with E-state index in [9.17, 15) is 14.4 Å². The number of fused-ring (bicyclic) bond motifs is 4. The molecular weight excluding hydrogens is 614 g/mol. The lowest BCUT2D eigenvalue weighted by molar-refractivity contribution is -0.138. The number of anilines is 1. The van der Waals surface area contributed by atoms with E-state index in [4.69, 9.17) is 4.74 Å². The lowest BCUT2D eigenvalue weighted by Gasteiger charge is -2.27. The maximum absolute atomic E-state index is 14.1. The van der Waals surface area contributed by atoms with E-state index < -0.39 is 6.04 Å². The summed E-state index contributed by atoms with van der Waals surface area (Å²) >= 11 is 3.34. The molecule has 4 aromatic rings. The molecule has 12 heteroatoms. The highest BCUT2D eigenvalue weighted by molar-refractivity contribution is 9.10. The molecule has 1 aliphatic carbocycles. The maximum Gasteiger partial charge on any atom is 0.248 e. The number of aryl methyl sites for hydroxylation is 1. The fourth-order valence-electron chi connectivity index (χ4n) is 6.68. The molecule has 1 saturated heterocycles. The monoisotopic (exact) mass is 643 g/mol. The van der Waals surface area contributed by atoms with Crippen molar-refractivity contribution in [1.29, 1.82) is 0 Å². The largest absolute Gasteiger partial charge is 0.376 e. The number of rotatable bonds is 6. The van der Waals surface area contributed by atoms with Crippen LogP contribution in [0.5, 0.6) is 0 Å². The number of carbonyl (C=O) groups excluding carboxylic acids is 3. The van der Waals surface area contributed by atoms with Gasteiger partial charge in [-0.3, -0.25) is 19.1 Å². The summed E-state index contributed by atoms with van der Waals surface area (Å²) in [6.45, 7) is 6.21. The molecule has 0 radical (unpaired) electrons. The Balaban J connectivity index is 1.26. The third-order valence-electron chi connectivity index (χ3n) is 8.90. The van der Waals surface area contributed by atoms with E-state index in [1.54, 1.807) is 40.2 Å². The standard InChI is InChI=1S/C31H30BrN7O4/c1-16(40)28-21-9-20(18-12-33-17(2)34-13-18)19-7-8-43-15-22(19)29(21)38(37-28)14-27(41)39-23(10-31(3)11-24(31)39)30(42)36-26-6-4-5-25(32)35-26/h4-6,9,12-13,23-24H,7-8,10-11,14-15H2,1-3H3,(H,35,36,42)/t23-,24?,31-/m0/s1. The van der Waals surface area contributed by atoms with Crippen molar-refractivity contribution in [2.45, 2.75) is 65.3 Å². The Morgan fingerprint density at radius 2 is 1.95 bits per heavy atom. The number of nitrogens with zero attached hydrogens (tertiary/aromatic N) is 6. The van der Waals surface area contributed by atoms with Gasteiger partial charge in [-0.25, -0.2) is 15.0 Å². The second-order valence-electron chi connectivity index (χ2n) is 11.9. The van der Waals surface area contributed by atoms with Crippen LogP contribution in [0.4, 0.5) is 5.82 Å². The molecule has 3 atom stereocenters. The van der Waals surface area contributed by atoms with Crippen molar-refractivity contribution in [2.75, 3.05) is 11.9 Å². The fourth-order valence-corrected chi connectivity index (χ4v) is 7.02. The quantitative estimate of drug-likeness (QED) is 0.244. The van der Waals surface area contributed by atoms with Crippen molar-refractivity contribution in [3.05, 3.63) is 63.9 Å². The number of ketones is 1. The minimum absolute atomic E-state index is 0.0225. The summed E-state index contributed by atoms with van der Waals surface area (Å²) in [6.07, 6.45) is 5.67. The number of aromatic nitrogens is 5. The molecule has 220 valence electrons. The molecule has 5 heterocycles. The summed E-state index contributed by atoms with van der Waals surface area (Å²) in [4.78, 5) is 55.1. The fraction of sp³-hybridized carbons (Fsp3) is 0.387.